The molecule has 1 saturated heterocycles. The topological polar surface area (TPSA) is 41.9 Å². The van der Waals surface area contributed by atoms with Crippen LogP contribution in [0.15, 0.2) is 6.20 Å². The van der Waals surface area contributed by atoms with Gasteiger partial charge in [-0.1, -0.05) is 24.9 Å². The number of hydrogen-bond donors (Lipinski definition) is 0. The lowest BCUT2D eigenvalue weighted by Crippen LogP contribution is -2.28. The van der Waals surface area contributed by atoms with Crippen LogP contribution in [0.4, 0.5) is 5.82 Å². The van der Waals surface area contributed by atoms with Gasteiger partial charge in [0.2, 0.25) is 5.28 Å². The highest BCUT2D eigenvalue weighted by Crippen LogP contribution is 2.31. The van der Waals surface area contributed by atoms with E-state index in [-0.39, 0.29) is 5.28 Å². The zero-order valence-corrected chi connectivity index (χ0v) is 13.7. The molecule has 1 unspecified atom stereocenters. The fourth-order valence-electron chi connectivity index (χ4n) is 2.94. The molecule has 1 aliphatic heterocycles. The lowest BCUT2D eigenvalue weighted by Gasteiger charge is -2.25. The van der Waals surface area contributed by atoms with E-state index in [4.69, 9.17) is 23.2 Å². The Labute approximate surface area is 134 Å². The van der Waals surface area contributed by atoms with Crippen LogP contribution in [0.3, 0.4) is 0 Å². The first-order chi connectivity index (χ1) is 10.1. The van der Waals surface area contributed by atoms with Crippen molar-refractivity contribution in [1.82, 2.24) is 15.0 Å². The van der Waals surface area contributed by atoms with Gasteiger partial charge in [-0.15, -0.1) is 0 Å². The molecule has 1 atom stereocenters. The first kappa shape index (κ1) is 14.8. The monoisotopic (exact) mass is 324 g/mol. The fourth-order valence-corrected chi connectivity index (χ4v) is 3.24. The minimum absolute atomic E-state index is 0.264. The smallest absolute Gasteiger partial charge is 0.224 e. The van der Waals surface area contributed by atoms with Crippen molar-refractivity contribution in [3.05, 3.63) is 22.2 Å². The minimum atomic E-state index is 0.264. The summed E-state index contributed by atoms with van der Waals surface area (Å²) in [6.45, 7) is 6.18. The van der Waals surface area contributed by atoms with E-state index in [2.05, 4.69) is 26.8 Å². The van der Waals surface area contributed by atoms with Crippen LogP contribution in [-0.4, -0.2) is 28.0 Å². The molecule has 0 amide bonds. The van der Waals surface area contributed by atoms with Crippen molar-refractivity contribution in [3.63, 3.8) is 0 Å². The van der Waals surface area contributed by atoms with Crippen LogP contribution in [0.5, 0.6) is 0 Å². The molecule has 2 aromatic heterocycles. The van der Waals surface area contributed by atoms with Gasteiger partial charge >= 0.3 is 0 Å². The van der Waals surface area contributed by atoms with Crippen LogP contribution in [0, 0.1) is 12.8 Å². The van der Waals surface area contributed by atoms with Gasteiger partial charge in [0, 0.05) is 24.8 Å². The molecular formula is C15H18Cl2N4. The largest absolute Gasteiger partial charge is 0.356 e. The molecular weight excluding hydrogens is 307 g/mol. The molecule has 3 heterocycles. The molecule has 1 fully saturated rings. The minimum Gasteiger partial charge on any atom is -0.356 e. The van der Waals surface area contributed by atoms with E-state index < -0.39 is 0 Å². The van der Waals surface area contributed by atoms with Gasteiger partial charge in [-0.25, -0.2) is 9.97 Å². The lowest BCUT2D eigenvalue weighted by atomic mass is 10.1. The first-order valence-electron chi connectivity index (χ1n) is 7.29. The van der Waals surface area contributed by atoms with Gasteiger partial charge in [-0.05, 0) is 37.3 Å². The number of aromatic nitrogens is 3. The van der Waals surface area contributed by atoms with Gasteiger partial charge in [-0.3, -0.25) is 0 Å². The Morgan fingerprint density at radius 1 is 1.24 bits per heavy atom. The Morgan fingerprint density at radius 2 is 2.05 bits per heavy atom. The second-order valence-electron chi connectivity index (χ2n) is 5.80. The second kappa shape index (κ2) is 5.93. The molecule has 0 aliphatic carbocycles. The molecule has 6 heteroatoms. The summed E-state index contributed by atoms with van der Waals surface area (Å²) in [5.74, 6) is 1.53. The Balaban J connectivity index is 2.15. The molecule has 0 bridgehead atoms. The van der Waals surface area contributed by atoms with Crippen molar-refractivity contribution in [1.29, 1.82) is 0 Å². The zero-order chi connectivity index (χ0) is 15.0. The van der Waals surface area contributed by atoms with E-state index in [1.807, 2.05) is 6.92 Å². The lowest BCUT2D eigenvalue weighted by molar-refractivity contribution is 0.544. The normalized spacial score (nSPS) is 19.8. The van der Waals surface area contributed by atoms with Crippen molar-refractivity contribution >= 4 is 39.9 Å². The molecule has 0 N–H and O–H groups in total. The number of hydrogen-bond acceptors (Lipinski definition) is 4. The Bertz CT molecular complexity index is 674. The summed E-state index contributed by atoms with van der Waals surface area (Å²) >= 11 is 12.2. The molecule has 1 aliphatic rings. The zero-order valence-electron chi connectivity index (χ0n) is 12.2. The highest BCUT2D eigenvalue weighted by atomic mass is 35.5. The standard InChI is InChI=1S/C15H18Cl2N4/c1-9-5-3-4-6-21(8-9)14-11-7-18-13(16)10(2)12(11)19-15(17)20-14/h7,9H,3-6,8H2,1-2H3. The number of anilines is 1. The number of fused-ring (bicyclic) bond motifs is 1. The molecule has 0 radical (unpaired) electrons. The van der Waals surface area contributed by atoms with Crippen LogP contribution in [0.25, 0.3) is 10.9 Å². The van der Waals surface area contributed by atoms with Crippen LogP contribution in [0.1, 0.15) is 31.7 Å². The molecule has 2 aromatic rings. The van der Waals surface area contributed by atoms with E-state index in [1.54, 1.807) is 6.20 Å². The van der Waals surface area contributed by atoms with Gasteiger partial charge < -0.3 is 4.90 Å². The summed E-state index contributed by atoms with van der Waals surface area (Å²) in [7, 11) is 0. The molecule has 112 valence electrons. The van der Waals surface area contributed by atoms with Crippen molar-refractivity contribution in [2.45, 2.75) is 33.1 Å². The molecule has 4 nitrogen and oxygen atoms in total. The van der Waals surface area contributed by atoms with Crippen LogP contribution >= 0.6 is 23.2 Å². The average molecular weight is 325 g/mol. The summed E-state index contributed by atoms with van der Waals surface area (Å²) in [6, 6.07) is 0. The first-order valence-corrected chi connectivity index (χ1v) is 8.05. The van der Waals surface area contributed by atoms with Crippen LogP contribution in [-0.2, 0) is 0 Å². The third kappa shape index (κ3) is 2.92. The van der Waals surface area contributed by atoms with Gasteiger partial charge in [-0.2, -0.15) is 4.98 Å². The predicted molar refractivity (Wildman–Crippen MR) is 87.3 cm³/mol. The SMILES string of the molecule is Cc1c(Cl)ncc2c(N3CCCCC(C)C3)nc(Cl)nc12. The van der Waals surface area contributed by atoms with Crippen LogP contribution < -0.4 is 4.90 Å². The van der Waals surface area contributed by atoms with Crippen molar-refractivity contribution < 1.29 is 0 Å². The second-order valence-corrected chi connectivity index (χ2v) is 6.50. The summed E-state index contributed by atoms with van der Waals surface area (Å²) in [6.07, 6.45) is 5.45. The molecule has 0 spiro atoms. The molecule has 3 rings (SSSR count). The van der Waals surface area contributed by atoms with E-state index in [9.17, 15) is 0 Å². The van der Waals surface area contributed by atoms with Gasteiger partial charge in [0.15, 0.2) is 0 Å². The number of pyridine rings is 1. The summed E-state index contributed by atoms with van der Waals surface area (Å²) in [5.41, 5.74) is 1.64. The van der Waals surface area contributed by atoms with Crippen molar-refractivity contribution in [3.8, 4) is 0 Å². The molecule has 0 aromatic carbocycles. The number of nitrogens with zero attached hydrogens (tertiary/aromatic N) is 4. The quantitative estimate of drug-likeness (QED) is 0.580. The maximum absolute atomic E-state index is 6.13. The van der Waals surface area contributed by atoms with Gasteiger partial charge in [0.05, 0.1) is 10.9 Å². The van der Waals surface area contributed by atoms with E-state index >= 15 is 0 Å². The Hall–Kier alpha value is -1.13. The van der Waals surface area contributed by atoms with Crippen molar-refractivity contribution in [2.75, 3.05) is 18.0 Å². The van der Waals surface area contributed by atoms with Crippen molar-refractivity contribution in [2.24, 2.45) is 5.92 Å². The number of aryl methyl sites for hydroxylation is 1. The van der Waals surface area contributed by atoms with E-state index in [0.717, 1.165) is 35.4 Å². The van der Waals surface area contributed by atoms with E-state index in [1.165, 1.54) is 19.3 Å². The van der Waals surface area contributed by atoms with Gasteiger partial charge in [0.1, 0.15) is 11.0 Å². The number of rotatable bonds is 1. The molecule has 21 heavy (non-hydrogen) atoms. The Morgan fingerprint density at radius 3 is 2.86 bits per heavy atom. The average Bonchev–Trinajstić information content (AvgIpc) is 2.67. The van der Waals surface area contributed by atoms with Crippen LogP contribution in [0.2, 0.25) is 10.4 Å². The Kier molecular flexibility index (Phi) is 4.18. The maximum Gasteiger partial charge on any atom is 0.224 e. The summed E-state index contributed by atoms with van der Waals surface area (Å²) in [5, 5.41) is 1.66. The highest BCUT2D eigenvalue weighted by molar-refractivity contribution is 6.31. The highest BCUT2D eigenvalue weighted by Gasteiger charge is 2.20. The molecule has 0 saturated carbocycles. The fraction of sp³-hybridized carbons (Fsp3) is 0.533. The third-order valence-electron chi connectivity index (χ3n) is 4.08. The summed E-state index contributed by atoms with van der Waals surface area (Å²) < 4.78 is 0. The predicted octanol–water partition coefficient (Wildman–Crippen LogP) is 4.27. The van der Waals surface area contributed by atoms with E-state index in [0.29, 0.717) is 11.1 Å². The maximum atomic E-state index is 6.13. The third-order valence-corrected chi connectivity index (χ3v) is 4.63. The number of halogens is 2. The van der Waals surface area contributed by atoms with Gasteiger partial charge in [0.25, 0.3) is 0 Å². The summed E-state index contributed by atoms with van der Waals surface area (Å²) in [4.78, 5) is 15.4.